The van der Waals surface area contributed by atoms with Gasteiger partial charge in [-0.1, -0.05) is 6.92 Å². The maximum Gasteiger partial charge on any atom is 0.247 e. The standard InChI is InChI=1S/C23H24N8O2/c1-4-17-20-21(31-11-16(33-3)8-19(31)22(32)28-20)29-23(27-17)26-15-5-6-18(14(7-15)9-24)30-10-13(2)25-12-30/h5-7,10,12,16,19H,4,8,11H2,1-3H3,(H,28,32)(H,26,27,29)/t16-,19+/m1/s1. The monoisotopic (exact) mass is 444 g/mol. The molecule has 4 heterocycles. The lowest BCUT2D eigenvalue weighted by atomic mass is 10.1. The zero-order valence-corrected chi connectivity index (χ0v) is 18.7. The second-order valence-electron chi connectivity index (χ2n) is 8.19. The molecule has 168 valence electrons. The first-order valence-electron chi connectivity index (χ1n) is 10.8. The Morgan fingerprint density at radius 1 is 1.36 bits per heavy atom. The Bertz CT molecular complexity index is 1280. The average Bonchev–Trinajstić information content (AvgIpc) is 3.46. The van der Waals surface area contributed by atoms with Crippen LogP contribution in [-0.4, -0.2) is 51.2 Å². The van der Waals surface area contributed by atoms with Crippen molar-refractivity contribution in [1.29, 1.82) is 5.26 Å². The molecule has 5 rings (SSSR count). The van der Waals surface area contributed by atoms with Crippen LogP contribution in [0.3, 0.4) is 0 Å². The Kier molecular flexibility index (Phi) is 5.18. The topological polar surface area (TPSA) is 121 Å². The van der Waals surface area contributed by atoms with E-state index in [1.807, 2.05) is 41.6 Å². The summed E-state index contributed by atoms with van der Waals surface area (Å²) in [4.78, 5) is 28.3. The number of nitrogens with zero attached hydrogens (tertiary/aromatic N) is 6. The highest BCUT2D eigenvalue weighted by Crippen LogP contribution is 2.38. The third-order valence-electron chi connectivity index (χ3n) is 6.08. The first-order chi connectivity index (χ1) is 16.0. The highest BCUT2D eigenvalue weighted by atomic mass is 16.5. The third-order valence-corrected chi connectivity index (χ3v) is 6.08. The van der Waals surface area contributed by atoms with Crippen molar-refractivity contribution in [3.8, 4) is 11.8 Å². The van der Waals surface area contributed by atoms with Crippen molar-refractivity contribution >= 4 is 29.0 Å². The summed E-state index contributed by atoms with van der Waals surface area (Å²) in [6.07, 6.45) is 4.79. The second kappa shape index (κ2) is 8.18. The lowest BCUT2D eigenvalue weighted by molar-refractivity contribution is -0.117. The van der Waals surface area contributed by atoms with E-state index >= 15 is 0 Å². The van der Waals surface area contributed by atoms with Gasteiger partial charge in [0.25, 0.3) is 0 Å². The molecule has 0 radical (unpaired) electrons. The summed E-state index contributed by atoms with van der Waals surface area (Å²) < 4.78 is 7.33. The van der Waals surface area contributed by atoms with Gasteiger partial charge < -0.3 is 24.8 Å². The van der Waals surface area contributed by atoms with Crippen molar-refractivity contribution in [3.63, 3.8) is 0 Å². The number of imidazole rings is 1. The Labute approximate surface area is 191 Å². The maximum atomic E-state index is 12.6. The molecule has 10 heteroatoms. The number of rotatable bonds is 5. The summed E-state index contributed by atoms with van der Waals surface area (Å²) in [7, 11) is 1.66. The van der Waals surface area contributed by atoms with Crippen molar-refractivity contribution < 1.29 is 9.53 Å². The number of ether oxygens (including phenoxy) is 1. The van der Waals surface area contributed by atoms with Crippen LogP contribution in [0.2, 0.25) is 0 Å². The van der Waals surface area contributed by atoms with Gasteiger partial charge in [-0.15, -0.1) is 0 Å². The van der Waals surface area contributed by atoms with Gasteiger partial charge in [-0.25, -0.2) is 9.97 Å². The summed E-state index contributed by atoms with van der Waals surface area (Å²) in [6, 6.07) is 7.44. The molecule has 1 saturated heterocycles. The minimum atomic E-state index is -0.307. The predicted molar refractivity (Wildman–Crippen MR) is 123 cm³/mol. The fraction of sp³-hybridized carbons (Fsp3) is 0.348. The van der Waals surface area contributed by atoms with Gasteiger partial charge >= 0.3 is 0 Å². The summed E-state index contributed by atoms with van der Waals surface area (Å²) in [5.74, 6) is 1.06. The van der Waals surface area contributed by atoms with E-state index in [0.717, 1.165) is 17.1 Å². The van der Waals surface area contributed by atoms with Crippen molar-refractivity contribution in [2.75, 3.05) is 29.2 Å². The van der Waals surface area contributed by atoms with E-state index in [2.05, 4.69) is 26.7 Å². The SMILES string of the molecule is CCc1nc(Nc2ccc(-n3cnc(C)c3)c(C#N)c2)nc2c1NC(=O)[C@@H]1C[C@@H](OC)CN21. The molecule has 10 nitrogen and oxygen atoms in total. The molecule has 1 aromatic carbocycles. The van der Waals surface area contributed by atoms with Gasteiger partial charge in [0.2, 0.25) is 11.9 Å². The fourth-order valence-corrected chi connectivity index (χ4v) is 4.41. The molecule has 2 N–H and O–H groups in total. The van der Waals surface area contributed by atoms with Crippen molar-refractivity contribution in [2.45, 2.75) is 38.8 Å². The Morgan fingerprint density at radius 2 is 2.21 bits per heavy atom. The van der Waals surface area contributed by atoms with Crippen LogP contribution in [0, 0.1) is 18.3 Å². The number of hydrogen-bond acceptors (Lipinski definition) is 8. The minimum absolute atomic E-state index is 0.0271. The van der Waals surface area contributed by atoms with Crippen molar-refractivity contribution in [2.24, 2.45) is 0 Å². The number of carbonyl (C=O) groups is 1. The third kappa shape index (κ3) is 3.66. The molecular formula is C23H24N8O2. The van der Waals surface area contributed by atoms with E-state index in [4.69, 9.17) is 9.72 Å². The first-order valence-corrected chi connectivity index (χ1v) is 10.8. The quantitative estimate of drug-likeness (QED) is 0.616. The molecule has 33 heavy (non-hydrogen) atoms. The van der Waals surface area contributed by atoms with Gasteiger partial charge in [0.15, 0.2) is 5.82 Å². The summed E-state index contributed by atoms with van der Waals surface area (Å²) >= 11 is 0. The van der Waals surface area contributed by atoms with Crippen LogP contribution in [0.5, 0.6) is 0 Å². The van der Waals surface area contributed by atoms with Gasteiger partial charge in [-0.05, 0) is 31.5 Å². The van der Waals surface area contributed by atoms with Crippen LogP contribution in [-0.2, 0) is 16.0 Å². The predicted octanol–water partition coefficient (Wildman–Crippen LogP) is 2.69. The second-order valence-corrected chi connectivity index (χ2v) is 8.19. The van der Waals surface area contributed by atoms with Crippen LogP contribution >= 0.6 is 0 Å². The number of fused-ring (bicyclic) bond motifs is 3. The molecule has 0 unspecified atom stereocenters. The molecule has 0 spiro atoms. The van der Waals surface area contributed by atoms with Gasteiger partial charge in [0.1, 0.15) is 17.8 Å². The highest BCUT2D eigenvalue weighted by molar-refractivity contribution is 6.04. The first kappa shape index (κ1) is 20.9. The van der Waals surface area contributed by atoms with E-state index in [-0.39, 0.29) is 18.1 Å². The molecule has 1 amide bonds. The lowest BCUT2D eigenvalue weighted by Crippen LogP contribution is -2.45. The van der Waals surface area contributed by atoms with E-state index in [9.17, 15) is 10.1 Å². The molecule has 2 aliphatic rings. The van der Waals surface area contributed by atoms with Crippen molar-refractivity contribution in [3.05, 3.63) is 47.7 Å². The zero-order valence-electron chi connectivity index (χ0n) is 18.7. The molecule has 1 fully saturated rings. The van der Waals surface area contributed by atoms with Crippen LogP contribution in [0.4, 0.5) is 23.1 Å². The van der Waals surface area contributed by atoms with E-state index < -0.39 is 0 Å². The molecule has 0 saturated carbocycles. The molecule has 3 aromatic rings. The molecule has 2 aromatic heterocycles. The minimum Gasteiger partial charge on any atom is -0.380 e. The number of nitriles is 1. The fourth-order valence-electron chi connectivity index (χ4n) is 4.41. The number of hydrogen-bond donors (Lipinski definition) is 2. The Morgan fingerprint density at radius 3 is 2.91 bits per heavy atom. The van der Waals surface area contributed by atoms with Gasteiger partial charge in [0.05, 0.1) is 35.1 Å². The smallest absolute Gasteiger partial charge is 0.247 e. The van der Waals surface area contributed by atoms with Gasteiger partial charge in [0, 0.05) is 32.0 Å². The highest BCUT2D eigenvalue weighted by Gasteiger charge is 2.43. The van der Waals surface area contributed by atoms with Crippen LogP contribution in [0.15, 0.2) is 30.7 Å². The van der Waals surface area contributed by atoms with Gasteiger partial charge in [-0.3, -0.25) is 4.79 Å². The van der Waals surface area contributed by atoms with Gasteiger partial charge in [-0.2, -0.15) is 10.2 Å². The largest absolute Gasteiger partial charge is 0.380 e. The number of carbonyl (C=O) groups excluding carboxylic acids is 1. The molecule has 0 aliphatic carbocycles. The maximum absolute atomic E-state index is 12.6. The van der Waals surface area contributed by atoms with E-state index in [1.165, 1.54) is 0 Å². The average molecular weight is 444 g/mol. The van der Waals surface area contributed by atoms with Crippen molar-refractivity contribution in [1.82, 2.24) is 19.5 Å². The number of methoxy groups -OCH3 is 1. The number of aromatic nitrogens is 4. The van der Waals surface area contributed by atoms with Crippen LogP contribution in [0.1, 0.15) is 30.3 Å². The summed E-state index contributed by atoms with van der Waals surface area (Å²) in [5, 5.41) is 15.9. The summed E-state index contributed by atoms with van der Waals surface area (Å²) in [5.41, 5.74) is 4.23. The molecule has 2 aliphatic heterocycles. The molecule has 0 bridgehead atoms. The van der Waals surface area contributed by atoms with E-state index in [0.29, 0.717) is 48.1 Å². The van der Waals surface area contributed by atoms with Crippen LogP contribution in [0.25, 0.3) is 5.69 Å². The lowest BCUT2D eigenvalue weighted by Gasteiger charge is -2.32. The number of nitrogens with one attached hydrogen (secondary N) is 2. The normalized spacial score (nSPS) is 19.0. The molecular weight excluding hydrogens is 420 g/mol. The molecule has 2 atom stereocenters. The Hall–Kier alpha value is -3.97. The number of anilines is 4. The Balaban J connectivity index is 1.49. The number of aryl methyl sites for hydroxylation is 2. The number of benzene rings is 1. The van der Waals surface area contributed by atoms with E-state index in [1.54, 1.807) is 19.5 Å². The summed E-state index contributed by atoms with van der Waals surface area (Å²) in [6.45, 7) is 4.49. The van der Waals surface area contributed by atoms with Crippen LogP contribution < -0.4 is 15.5 Å². The number of amides is 1. The zero-order chi connectivity index (χ0) is 23.1.